The van der Waals surface area contributed by atoms with Gasteiger partial charge in [-0.2, -0.15) is 0 Å². The first-order valence-electron chi connectivity index (χ1n) is 8.98. The second-order valence-corrected chi connectivity index (χ2v) is 6.52. The third-order valence-electron chi connectivity index (χ3n) is 4.71. The zero-order valence-electron chi connectivity index (χ0n) is 15.4. The molecule has 4 rings (SSSR count). The number of ketones is 1. The molecule has 1 N–H and O–H groups in total. The van der Waals surface area contributed by atoms with Crippen molar-refractivity contribution in [1.82, 2.24) is 14.1 Å². The molecule has 0 fully saturated rings. The highest BCUT2D eigenvalue weighted by Crippen LogP contribution is 2.13. The summed E-state index contributed by atoms with van der Waals surface area (Å²) < 4.78 is 2.63. The number of fused-ring (bicyclic) bond motifs is 1. The summed E-state index contributed by atoms with van der Waals surface area (Å²) in [6.45, 7) is -0.340. The number of rotatable bonds is 5. The third kappa shape index (κ3) is 3.39. The van der Waals surface area contributed by atoms with Crippen molar-refractivity contribution in [3.05, 3.63) is 105 Å². The van der Waals surface area contributed by atoms with Crippen LogP contribution in [0, 0.1) is 0 Å². The molecule has 0 unspecified atom stereocenters. The number of nitrogens with zero attached hydrogens (tertiary/aromatic N) is 3. The quantitative estimate of drug-likeness (QED) is 0.527. The summed E-state index contributed by atoms with van der Waals surface area (Å²) in [5.74, 6) is -0.371. The topological polar surface area (TPSA) is 94.2 Å². The van der Waals surface area contributed by atoms with Gasteiger partial charge >= 0.3 is 5.69 Å². The minimum Gasteiger partial charge on any atom is -0.388 e. The molecule has 7 heteroatoms. The Morgan fingerprint density at radius 3 is 2.41 bits per heavy atom. The number of aliphatic hydroxyl groups is 1. The highest BCUT2D eigenvalue weighted by Gasteiger charge is 2.15. The molecule has 2 heterocycles. The van der Waals surface area contributed by atoms with Crippen LogP contribution in [0.3, 0.4) is 0 Å². The molecule has 0 aliphatic rings. The summed E-state index contributed by atoms with van der Waals surface area (Å²) in [5, 5.41) is 9.40. The lowest BCUT2D eigenvalue weighted by Gasteiger charge is -2.14. The lowest BCUT2D eigenvalue weighted by Crippen LogP contribution is -2.39. The first-order valence-corrected chi connectivity index (χ1v) is 8.98. The second-order valence-electron chi connectivity index (χ2n) is 6.52. The van der Waals surface area contributed by atoms with Crippen molar-refractivity contribution in [2.24, 2.45) is 0 Å². The van der Waals surface area contributed by atoms with Crippen LogP contribution in [-0.2, 0) is 6.54 Å². The van der Waals surface area contributed by atoms with Gasteiger partial charge in [0.2, 0.25) is 0 Å². The molecule has 144 valence electrons. The van der Waals surface area contributed by atoms with Crippen molar-refractivity contribution < 1.29 is 9.90 Å². The fourth-order valence-electron chi connectivity index (χ4n) is 3.26. The molecule has 2 aromatic heterocycles. The Balaban J connectivity index is 1.89. The number of benzene rings is 2. The van der Waals surface area contributed by atoms with Crippen molar-refractivity contribution in [3.63, 3.8) is 0 Å². The van der Waals surface area contributed by atoms with E-state index in [0.717, 1.165) is 10.1 Å². The van der Waals surface area contributed by atoms with Crippen LogP contribution in [0.2, 0.25) is 0 Å². The van der Waals surface area contributed by atoms with Gasteiger partial charge in [-0.3, -0.25) is 19.1 Å². The number of para-hydroxylation sites is 1. The van der Waals surface area contributed by atoms with Crippen molar-refractivity contribution in [1.29, 1.82) is 0 Å². The number of aromatic nitrogens is 3. The van der Waals surface area contributed by atoms with Gasteiger partial charge in [-0.05, 0) is 29.8 Å². The molecule has 0 amide bonds. The van der Waals surface area contributed by atoms with Crippen molar-refractivity contribution in [2.45, 2.75) is 6.54 Å². The van der Waals surface area contributed by atoms with Crippen LogP contribution < -0.4 is 11.2 Å². The molecule has 0 radical (unpaired) electrons. The summed E-state index contributed by atoms with van der Waals surface area (Å²) in [6, 6.07) is 16.9. The van der Waals surface area contributed by atoms with Gasteiger partial charge in [0.05, 0.1) is 29.3 Å². The fourth-order valence-corrected chi connectivity index (χ4v) is 3.26. The van der Waals surface area contributed by atoms with Gasteiger partial charge in [-0.1, -0.05) is 36.4 Å². The minimum atomic E-state index is -0.556. The Labute approximate surface area is 165 Å². The molecule has 4 aromatic rings. The molecule has 0 saturated heterocycles. The van der Waals surface area contributed by atoms with Crippen LogP contribution in [-0.4, -0.2) is 31.6 Å². The monoisotopic (exact) mass is 387 g/mol. The smallest absolute Gasteiger partial charge is 0.336 e. The molecular formula is C22H17N3O4. The van der Waals surface area contributed by atoms with Crippen LogP contribution >= 0.6 is 0 Å². The number of Topliss-reactive ketones (excluding diaryl/α,β-unsaturated/α-hetero) is 1. The molecule has 0 bridgehead atoms. The largest absolute Gasteiger partial charge is 0.388 e. The third-order valence-corrected chi connectivity index (χ3v) is 4.71. The van der Waals surface area contributed by atoms with Crippen molar-refractivity contribution in [3.8, 4) is 5.69 Å². The second kappa shape index (κ2) is 7.65. The molecule has 0 aliphatic heterocycles. The molecule has 0 aliphatic carbocycles. The maximum Gasteiger partial charge on any atom is 0.336 e. The number of pyridine rings is 1. The zero-order chi connectivity index (χ0) is 20.4. The van der Waals surface area contributed by atoms with E-state index in [1.54, 1.807) is 66.9 Å². The molecule has 29 heavy (non-hydrogen) atoms. The van der Waals surface area contributed by atoms with E-state index in [9.17, 15) is 14.4 Å². The molecular weight excluding hydrogens is 370 g/mol. The Kier molecular flexibility index (Phi) is 4.88. The van der Waals surface area contributed by atoms with E-state index in [-0.39, 0.29) is 12.3 Å². The van der Waals surface area contributed by atoms with Crippen molar-refractivity contribution >= 4 is 16.7 Å². The zero-order valence-corrected chi connectivity index (χ0v) is 15.4. The Morgan fingerprint density at radius 2 is 1.72 bits per heavy atom. The van der Waals surface area contributed by atoms with Crippen LogP contribution in [0.25, 0.3) is 16.6 Å². The average Bonchev–Trinajstić information content (AvgIpc) is 2.77. The number of hydrogen-bond acceptors (Lipinski definition) is 5. The predicted octanol–water partition coefficient (Wildman–Crippen LogP) is 1.77. The van der Waals surface area contributed by atoms with E-state index in [0.29, 0.717) is 22.2 Å². The number of carbonyl (C=O) groups is 1. The summed E-state index contributed by atoms with van der Waals surface area (Å²) in [7, 11) is 0. The van der Waals surface area contributed by atoms with E-state index < -0.39 is 17.9 Å². The molecule has 2 aromatic carbocycles. The first kappa shape index (κ1) is 18.5. The summed E-state index contributed by atoms with van der Waals surface area (Å²) in [6.07, 6.45) is 3.04. The number of aliphatic hydroxyl groups excluding tert-OH is 1. The van der Waals surface area contributed by atoms with Crippen LogP contribution in [0.15, 0.2) is 82.6 Å². The summed E-state index contributed by atoms with van der Waals surface area (Å²) in [5.41, 5.74) is 1.22. The Hall–Kier alpha value is -3.84. The molecule has 0 atom stereocenters. The van der Waals surface area contributed by atoms with Crippen molar-refractivity contribution in [2.75, 3.05) is 6.61 Å². The molecule has 7 nitrogen and oxygen atoms in total. The van der Waals surface area contributed by atoms with Gasteiger partial charge < -0.3 is 5.11 Å². The van der Waals surface area contributed by atoms with Gasteiger partial charge in [0, 0.05) is 11.8 Å². The van der Waals surface area contributed by atoms with Gasteiger partial charge in [-0.25, -0.2) is 9.36 Å². The Bertz CT molecular complexity index is 1310. The minimum absolute atomic E-state index is 0.216. The summed E-state index contributed by atoms with van der Waals surface area (Å²) in [4.78, 5) is 41.8. The van der Waals surface area contributed by atoms with Gasteiger partial charge in [-0.15, -0.1) is 0 Å². The van der Waals surface area contributed by atoms with E-state index in [1.807, 2.05) is 0 Å². The highest BCUT2D eigenvalue weighted by atomic mass is 16.3. The first-order chi connectivity index (χ1) is 14.1. The lowest BCUT2D eigenvalue weighted by atomic mass is 10.1. The average molecular weight is 387 g/mol. The van der Waals surface area contributed by atoms with Crippen LogP contribution in [0.1, 0.15) is 15.9 Å². The van der Waals surface area contributed by atoms with Crippen LogP contribution in [0.5, 0.6) is 0 Å². The Morgan fingerprint density at radius 1 is 0.966 bits per heavy atom. The standard InChI is InChI=1S/C22H17N3O4/c26-14-20(27)16-9-7-15(8-10-16)13-24-19-6-2-1-5-18(19)21(28)25(22(24)29)17-4-3-11-23-12-17/h1-12,26H,13-14H2. The number of hydrogen-bond donors (Lipinski definition) is 1. The van der Waals surface area contributed by atoms with Gasteiger partial charge in [0.15, 0.2) is 5.78 Å². The number of carbonyl (C=O) groups excluding carboxylic acids is 1. The lowest BCUT2D eigenvalue weighted by molar-refractivity contribution is 0.0903. The highest BCUT2D eigenvalue weighted by molar-refractivity contribution is 5.96. The summed E-state index contributed by atoms with van der Waals surface area (Å²) >= 11 is 0. The maximum atomic E-state index is 13.2. The van der Waals surface area contributed by atoms with E-state index in [4.69, 9.17) is 5.11 Å². The van der Waals surface area contributed by atoms with E-state index in [2.05, 4.69) is 4.98 Å². The fraction of sp³-hybridized carbons (Fsp3) is 0.0909. The predicted molar refractivity (Wildman–Crippen MR) is 109 cm³/mol. The van der Waals surface area contributed by atoms with Gasteiger partial charge in [0.25, 0.3) is 5.56 Å². The van der Waals surface area contributed by atoms with Crippen LogP contribution in [0.4, 0.5) is 0 Å². The maximum absolute atomic E-state index is 13.2. The molecule has 0 saturated carbocycles. The van der Waals surface area contributed by atoms with Gasteiger partial charge in [0.1, 0.15) is 6.61 Å². The SMILES string of the molecule is O=C(CO)c1ccc(Cn2c(=O)n(-c3cccnc3)c(=O)c3ccccc32)cc1. The van der Waals surface area contributed by atoms with E-state index >= 15 is 0 Å². The normalized spacial score (nSPS) is 10.9. The van der Waals surface area contributed by atoms with E-state index in [1.165, 1.54) is 10.8 Å². The molecule has 0 spiro atoms.